The van der Waals surface area contributed by atoms with Crippen LogP contribution in [0.5, 0.6) is 0 Å². The molecule has 24 heavy (non-hydrogen) atoms. The van der Waals surface area contributed by atoms with Crippen molar-refractivity contribution in [3.63, 3.8) is 0 Å². The van der Waals surface area contributed by atoms with Crippen molar-refractivity contribution in [3.05, 3.63) is 35.2 Å². The lowest BCUT2D eigenvalue weighted by Gasteiger charge is -2.37. The molecule has 1 aliphatic carbocycles. The largest absolute Gasteiger partial charge is 0.386 e. The number of aliphatic hydroxyl groups excluding tert-OH is 1. The van der Waals surface area contributed by atoms with Crippen molar-refractivity contribution in [1.29, 1.82) is 0 Å². The molecule has 1 fully saturated rings. The maximum Gasteiger partial charge on any atom is 0.225 e. The lowest BCUT2D eigenvalue weighted by atomic mass is 9.74. The molecule has 0 radical (unpaired) electrons. The minimum Gasteiger partial charge on any atom is -0.386 e. The second-order valence-electron chi connectivity index (χ2n) is 6.75. The summed E-state index contributed by atoms with van der Waals surface area (Å²) in [4.78, 5) is 13.3. The highest BCUT2D eigenvalue weighted by Gasteiger charge is 2.37. The summed E-state index contributed by atoms with van der Waals surface area (Å²) >= 11 is 1.57. The van der Waals surface area contributed by atoms with E-state index in [-0.39, 0.29) is 30.8 Å². The van der Waals surface area contributed by atoms with E-state index in [1.165, 1.54) is 0 Å². The molecule has 2 aromatic rings. The molecular formula is C18H25ClN2O2S. The van der Waals surface area contributed by atoms with Gasteiger partial charge in [-0.05, 0) is 37.3 Å². The van der Waals surface area contributed by atoms with E-state index in [9.17, 15) is 9.90 Å². The zero-order valence-corrected chi connectivity index (χ0v) is 15.5. The van der Waals surface area contributed by atoms with Crippen molar-refractivity contribution in [2.45, 2.75) is 44.2 Å². The Labute approximate surface area is 152 Å². The van der Waals surface area contributed by atoms with E-state index in [1.54, 1.807) is 11.3 Å². The molecule has 0 bridgehead atoms. The van der Waals surface area contributed by atoms with E-state index in [0.29, 0.717) is 0 Å². The molecule has 0 saturated heterocycles. The molecule has 0 aliphatic heterocycles. The van der Waals surface area contributed by atoms with Crippen LogP contribution in [0.25, 0.3) is 10.1 Å². The Morgan fingerprint density at radius 3 is 2.92 bits per heavy atom. The van der Waals surface area contributed by atoms with Gasteiger partial charge in [-0.1, -0.05) is 31.0 Å². The molecule has 1 aromatic heterocycles. The molecule has 1 saturated carbocycles. The molecule has 1 aliphatic rings. The summed E-state index contributed by atoms with van der Waals surface area (Å²) in [7, 11) is 0. The number of halogens is 1. The highest BCUT2D eigenvalue weighted by atomic mass is 35.5. The first-order chi connectivity index (χ1) is 11.0. The lowest BCUT2D eigenvalue weighted by Crippen LogP contribution is -2.53. The molecule has 0 spiro atoms. The fourth-order valence-electron chi connectivity index (χ4n) is 3.38. The standard InChI is InChI=1S/C18H24N2O2S.ClH/c1-18(19)9-5-4-7-13(18)17(22)20-11-14(21)16-10-12-6-2-3-8-15(12)23-16;/h2-3,6,8,10,13-14,21H,4-5,7,9,11,19H2,1H3,(H,20,22);1H. The van der Waals surface area contributed by atoms with Gasteiger partial charge in [-0.25, -0.2) is 0 Å². The number of hydrogen-bond donors (Lipinski definition) is 3. The van der Waals surface area contributed by atoms with Gasteiger partial charge in [-0.15, -0.1) is 23.7 Å². The van der Waals surface area contributed by atoms with Crippen LogP contribution in [-0.4, -0.2) is 23.1 Å². The summed E-state index contributed by atoms with van der Waals surface area (Å²) in [5, 5.41) is 14.4. The molecule has 3 unspecified atom stereocenters. The third-order valence-corrected chi connectivity index (χ3v) is 6.03. The van der Waals surface area contributed by atoms with Crippen molar-refractivity contribution in [2.24, 2.45) is 11.7 Å². The Morgan fingerprint density at radius 2 is 2.21 bits per heavy atom. The maximum absolute atomic E-state index is 12.4. The summed E-state index contributed by atoms with van der Waals surface area (Å²) in [6.45, 7) is 2.19. The monoisotopic (exact) mass is 368 g/mol. The van der Waals surface area contributed by atoms with E-state index in [2.05, 4.69) is 5.32 Å². The van der Waals surface area contributed by atoms with Gasteiger partial charge < -0.3 is 16.2 Å². The van der Waals surface area contributed by atoms with Crippen molar-refractivity contribution < 1.29 is 9.90 Å². The number of rotatable bonds is 4. The zero-order valence-electron chi connectivity index (χ0n) is 13.8. The second-order valence-corrected chi connectivity index (χ2v) is 7.87. The first-order valence-corrected chi connectivity index (χ1v) is 9.02. The predicted molar refractivity (Wildman–Crippen MR) is 102 cm³/mol. The number of aliphatic hydroxyl groups is 1. The number of hydrogen-bond acceptors (Lipinski definition) is 4. The smallest absolute Gasteiger partial charge is 0.225 e. The highest BCUT2D eigenvalue weighted by Crippen LogP contribution is 2.32. The van der Waals surface area contributed by atoms with Gasteiger partial charge in [0, 0.05) is 21.7 Å². The van der Waals surface area contributed by atoms with Gasteiger partial charge in [-0.3, -0.25) is 4.79 Å². The number of fused-ring (bicyclic) bond motifs is 1. The van der Waals surface area contributed by atoms with Gasteiger partial charge in [0.2, 0.25) is 5.91 Å². The van der Waals surface area contributed by atoms with E-state index in [1.807, 2.05) is 37.3 Å². The van der Waals surface area contributed by atoms with Gasteiger partial charge in [0.25, 0.3) is 0 Å². The van der Waals surface area contributed by atoms with Crippen molar-refractivity contribution in [3.8, 4) is 0 Å². The van der Waals surface area contributed by atoms with Gasteiger partial charge in [-0.2, -0.15) is 0 Å². The van der Waals surface area contributed by atoms with E-state index in [0.717, 1.165) is 40.6 Å². The summed E-state index contributed by atoms with van der Waals surface area (Å²) in [5.41, 5.74) is 5.83. The second kappa shape index (κ2) is 7.83. The van der Waals surface area contributed by atoms with Crippen LogP contribution >= 0.6 is 23.7 Å². The summed E-state index contributed by atoms with van der Waals surface area (Å²) in [5.74, 6) is -0.194. The van der Waals surface area contributed by atoms with Crippen LogP contribution < -0.4 is 11.1 Å². The molecule has 1 heterocycles. The SMILES string of the molecule is CC1(N)CCCCC1C(=O)NCC(O)c1cc2ccccc2s1.Cl. The zero-order chi connectivity index (χ0) is 16.4. The van der Waals surface area contributed by atoms with Gasteiger partial charge in [0.15, 0.2) is 0 Å². The number of benzene rings is 1. The first-order valence-electron chi connectivity index (χ1n) is 8.20. The number of thiophene rings is 1. The Morgan fingerprint density at radius 1 is 1.46 bits per heavy atom. The van der Waals surface area contributed by atoms with Crippen LogP contribution in [-0.2, 0) is 4.79 Å². The van der Waals surface area contributed by atoms with E-state index in [4.69, 9.17) is 5.73 Å². The number of amides is 1. The molecule has 3 rings (SSSR count). The number of carbonyl (C=O) groups is 1. The third kappa shape index (κ3) is 4.09. The van der Waals surface area contributed by atoms with Crippen LogP contribution in [0.15, 0.2) is 30.3 Å². The Balaban J connectivity index is 0.00000208. The average Bonchev–Trinajstić information content (AvgIpc) is 2.96. The molecule has 4 N–H and O–H groups in total. The average molecular weight is 369 g/mol. The van der Waals surface area contributed by atoms with Crippen LogP contribution in [0.2, 0.25) is 0 Å². The topological polar surface area (TPSA) is 75.4 Å². The first kappa shape index (κ1) is 19.2. The summed E-state index contributed by atoms with van der Waals surface area (Å²) in [6, 6.07) is 10.0. The van der Waals surface area contributed by atoms with Crippen molar-refractivity contribution in [1.82, 2.24) is 5.32 Å². The molecule has 6 heteroatoms. The predicted octanol–water partition coefficient (Wildman–Crippen LogP) is 3.38. The normalized spacial score (nSPS) is 25.0. The quantitative estimate of drug-likeness (QED) is 0.774. The Kier molecular flexibility index (Phi) is 6.26. The fourth-order valence-corrected chi connectivity index (χ4v) is 4.43. The molecule has 4 nitrogen and oxygen atoms in total. The molecule has 132 valence electrons. The number of carbonyl (C=O) groups excluding carboxylic acids is 1. The Bertz CT molecular complexity index is 668. The highest BCUT2D eigenvalue weighted by molar-refractivity contribution is 7.19. The molecule has 3 atom stereocenters. The maximum atomic E-state index is 12.4. The van der Waals surface area contributed by atoms with Crippen LogP contribution in [0, 0.1) is 5.92 Å². The minimum atomic E-state index is -0.677. The Hall–Kier alpha value is -1.14. The van der Waals surface area contributed by atoms with Crippen LogP contribution in [0.3, 0.4) is 0 Å². The van der Waals surface area contributed by atoms with E-state index >= 15 is 0 Å². The van der Waals surface area contributed by atoms with Crippen molar-refractivity contribution >= 4 is 39.7 Å². The minimum absolute atomic E-state index is 0. The van der Waals surface area contributed by atoms with Crippen LogP contribution in [0.4, 0.5) is 0 Å². The van der Waals surface area contributed by atoms with Gasteiger partial charge >= 0.3 is 0 Å². The summed E-state index contributed by atoms with van der Waals surface area (Å²) in [6.07, 6.45) is 3.16. The lowest BCUT2D eigenvalue weighted by molar-refractivity contribution is -0.128. The number of nitrogens with one attached hydrogen (secondary N) is 1. The van der Waals surface area contributed by atoms with Gasteiger partial charge in [0.05, 0.1) is 5.92 Å². The third-order valence-electron chi connectivity index (χ3n) is 4.81. The van der Waals surface area contributed by atoms with Crippen LogP contribution in [0.1, 0.15) is 43.6 Å². The van der Waals surface area contributed by atoms with Crippen molar-refractivity contribution in [2.75, 3.05) is 6.54 Å². The molecule has 1 aromatic carbocycles. The summed E-state index contributed by atoms with van der Waals surface area (Å²) < 4.78 is 1.15. The van der Waals surface area contributed by atoms with E-state index < -0.39 is 11.6 Å². The fraction of sp³-hybridized carbons (Fsp3) is 0.500. The molecule has 1 amide bonds. The number of nitrogens with two attached hydrogens (primary N) is 1. The van der Waals surface area contributed by atoms with Gasteiger partial charge in [0.1, 0.15) is 6.10 Å². The molecular weight excluding hydrogens is 344 g/mol.